The summed E-state index contributed by atoms with van der Waals surface area (Å²) in [5.74, 6) is 0.967. The summed E-state index contributed by atoms with van der Waals surface area (Å²) in [5.41, 5.74) is 4.17. The molecule has 0 aliphatic carbocycles. The Kier molecular flexibility index (Phi) is 7.54. The number of likely N-dealkylation sites (N-methyl/N-ethyl adjacent to an activating group) is 1. The highest BCUT2D eigenvalue weighted by Gasteiger charge is 2.32. The molecule has 5 heteroatoms. The smallest absolute Gasteiger partial charge is 0.267 e. The van der Waals surface area contributed by atoms with Crippen molar-refractivity contribution in [3.8, 4) is 5.75 Å². The predicted molar refractivity (Wildman–Crippen MR) is 140 cm³/mol. The van der Waals surface area contributed by atoms with Crippen LogP contribution in [0.5, 0.6) is 5.75 Å². The van der Waals surface area contributed by atoms with Gasteiger partial charge in [-0.1, -0.05) is 68.4 Å². The molecule has 2 unspecified atom stereocenters. The van der Waals surface area contributed by atoms with Crippen molar-refractivity contribution in [1.29, 1.82) is 0 Å². The summed E-state index contributed by atoms with van der Waals surface area (Å²) in [4.78, 5) is 29.8. The van der Waals surface area contributed by atoms with Crippen molar-refractivity contribution in [1.82, 2.24) is 4.90 Å². The van der Waals surface area contributed by atoms with Crippen molar-refractivity contribution in [3.05, 3.63) is 95.6 Å². The zero-order valence-corrected chi connectivity index (χ0v) is 21.0. The molecule has 1 aliphatic heterocycles. The van der Waals surface area contributed by atoms with Crippen LogP contribution >= 0.6 is 0 Å². The van der Waals surface area contributed by atoms with E-state index < -0.39 is 6.10 Å². The maximum atomic E-state index is 13.2. The van der Waals surface area contributed by atoms with Gasteiger partial charge < -0.3 is 14.5 Å². The second kappa shape index (κ2) is 10.8. The fourth-order valence-corrected chi connectivity index (χ4v) is 4.70. The lowest BCUT2D eigenvalue weighted by Gasteiger charge is -2.38. The second-order valence-electron chi connectivity index (χ2n) is 9.60. The minimum atomic E-state index is -0.657. The first-order valence-electron chi connectivity index (χ1n) is 12.3. The SMILES string of the molecule is CC(C)CC(=O)N1CCc2ccc(OC(C)C(=O)N(C)c3ccccc3)cc2C1c1ccccc1. The Hall–Kier alpha value is -3.60. The fourth-order valence-electron chi connectivity index (χ4n) is 4.70. The molecule has 1 heterocycles. The lowest BCUT2D eigenvalue weighted by atomic mass is 9.87. The van der Waals surface area contributed by atoms with Gasteiger partial charge in [-0.05, 0) is 60.2 Å². The van der Waals surface area contributed by atoms with E-state index in [1.807, 2.05) is 65.6 Å². The highest BCUT2D eigenvalue weighted by Crippen LogP contribution is 2.38. The topological polar surface area (TPSA) is 49.9 Å². The van der Waals surface area contributed by atoms with E-state index in [2.05, 4.69) is 32.0 Å². The van der Waals surface area contributed by atoms with E-state index >= 15 is 0 Å². The number of nitrogens with zero attached hydrogens (tertiary/aromatic N) is 2. The Morgan fingerprint density at radius 2 is 1.63 bits per heavy atom. The number of anilines is 1. The number of hydrogen-bond donors (Lipinski definition) is 0. The summed E-state index contributed by atoms with van der Waals surface area (Å²) < 4.78 is 6.13. The molecule has 0 saturated carbocycles. The van der Waals surface area contributed by atoms with Crippen LogP contribution in [0.15, 0.2) is 78.9 Å². The number of fused-ring (bicyclic) bond motifs is 1. The largest absolute Gasteiger partial charge is 0.481 e. The van der Waals surface area contributed by atoms with Gasteiger partial charge in [0.25, 0.3) is 5.91 Å². The lowest BCUT2D eigenvalue weighted by Crippen LogP contribution is -2.41. The van der Waals surface area contributed by atoms with Crippen molar-refractivity contribution in [3.63, 3.8) is 0 Å². The van der Waals surface area contributed by atoms with Crippen LogP contribution in [0.4, 0.5) is 5.69 Å². The molecule has 0 spiro atoms. The van der Waals surface area contributed by atoms with Gasteiger partial charge in [0.05, 0.1) is 6.04 Å². The number of amides is 2. The Morgan fingerprint density at radius 3 is 2.29 bits per heavy atom. The fraction of sp³-hybridized carbons (Fsp3) is 0.333. The van der Waals surface area contributed by atoms with Crippen LogP contribution in [-0.4, -0.2) is 36.4 Å². The Labute approximate surface area is 208 Å². The van der Waals surface area contributed by atoms with Gasteiger partial charge in [0.1, 0.15) is 5.75 Å². The monoisotopic (exact) mass is 470 g/mol. The molecule has 0 fully saturated rings. The Balaban J connectivity index is 1.61. The van der Waals surface area contributed by atoms with Gasteiger partial charge in [-0.15, -0.1) is 0 Å². The average molecular weight is 471 g/mol. The molecule has 5 nitrogen and oxygen atoms in total. The number of benzene rings is 3. The molecule has 0 radical (unpaired) electrons. The van der Waals surface area contributed by atoms with Crippen molar-refractivity contribution in [2.24, 2.45) is 5.92 Å². The molecular formula is C30H34N2O3. The number of para-hydroxylation sites is 1. The number of carbonyl (C=O) groups is 2. The third-order valence-electron chi connectivity index (χ3n) is 6.50. The van der Waals surface area contributed by atoms with Crippen LogP contribution in [-0.2, 0) is 16.0 Å². The zero-order chi connectivity index (χ0) is 24.9. The molecule has 4 rings (SSSR count). The Morgan fingerprint density at radius 1 is 0.971 bits per heavy atom. The molecule has 182 valence electrons. The van der Waals surface area contributed by atoms with Crippen LogP contribution in [0, 0.1) is 5.92 Å². The molecule has 0 N–H and O–H groups in total. The van der Waals surface area contributed by atoms with E-state index in [0.29, 0.717) is 24.6 Å². The number of carbonyl (C=O) groups excluding carboxylic acids is 2. The average Bonchev–Trinajstić information content (AvgIpc) is 2.87. The molecule has 3 aromatic carbocycles. The molecule has 0 bridgehead atoms. The molecule has 2 amide bonds. The summed E-state index contributed by atoms with van der Waals surface area (Å²) >= 11 is 0. The third kappa shape index (κ3) is 5.56. The normalized spacial score (nSPS) is 15.9. The maximum Gasteiger partial charge on any atom is 0.267 e. The van der Waals surface area contributed by atoms with Crippen molar-refractivity contribution in [2.45, 2.75) is 45.8 Å². The van der Waals surface area contributed by atoms with Gasteiger partial charge in [0.15, 0.2) is 6.10 Å². The standard InChI is InChI=1S/C30H34N2O3/c1-21(2)19-28(33)32-18-17-23-15-16-26(20-27(23)29(32)24-11-7-5-8-12-24)35-22(3)30(34)31(4)25-13-9-6-10-14-25/h5-16,20-22,29H,17-19H2,1-4H3. The predicted octanol–water partition coefficient (Wildman–Crippen LogP) is 5.64. The van der Waals surface area contributed by atoms with E-state index in [0.717, 1.165) is 23.2 Å². The van der Waals surface area contributed by atoms with E-state index in [4.69, 9.17) is 4.74 Å². The summed E-state index contributed by atoms with van der Waals surface area (Å²) in [6.07, 6.45) is 0.663. The molecule has 35 heavy (non-hydrogen) atoms. The van der Waals surface area contributed by atoms with Crippen LogP contribution in [0.3, 0.4) is 0 Å². The number of ether oxygens (including phenoxy) is 1. The molecule has 0 aromatic heterocycles. The van der Waals surface area contributed by atoms with Crippen molar-refractivity contribution in [2.75, 3.05) is 18.5 Å². The summed E-state index contributed by atoms with van der Waals surface area (Å²) in [6, 6.07) is 25.5. The molecule has 3 aromatic rings. The first kappa shape index (κ1) is 24.5. The molecular weight excluding hydrogens is 436 g/mol. The highest BCUT2D eigenvalue weighted by molar-refractivity contribution is 5.96. The second-order valence-corrected chi connectivity index (χ2v) is 9.60. The maximum absolute atomic E-state index is 13.2. The van der Waals surface area contributed by atoms with Gasteiger partial charge in [0, 0.05) is 25.7 Å². The molecule has 0 saturated heterocycles. The Bertz CT molecular complexity index is 1160. The first-order valence-corrected chi connectivity index (χ1v) is 12.3. The summed E-state index contributed by atoms with van der Waals surface area (Å²) in [5, 5.41) is 0. The van der Waals surface area contributed by atoms with Crippen molar-refractivity contribution < 1.29 is 14.3 Å². The first-order chi connectivity index (χ1) is 16.8. The van der Waals surface area contributed by atoms with E-state index in [9.17, 15) is 9.59 Å². The van der Waals surface area contributed by atoms with E-state index in [1.165, 1.54) is 5.56 Å². The van der Waals surface area contributed by atoms with E-state index in [1.54, 1.807) is 18.9 Å². The quantitative estimate of drug-likeness (QED) is 0.449. The molecule has 1 aliphatic rings. The van der Waals surface area contributed by atoms with Gasteiger partial charge >= 0.3 is 0 Å². The highest BCUT2D eigenvalue weighted by atomic mass is 16.5. The van der Waals surface area contributed by atoms with E-state index in [-0.39, 0.29) is 17.9 Å². The van der Waals surface area contributed by atoms with Gasteiger partial charge in [0.2, 0.25) is 5.91 Å². The van der Waals surface area contributed by atoms with Crippen LogP contribution in [0.2, 0.25) is 0 Å². The zero-order valence-electron chi connectivity index (χ0n) is 21.0. The minimum Gasteiger partial charge on any atom is -0.481 e. The van der Waals surface area contributed by atoms with Crippen LogP contribution in [0.25, 0.3) is 0 Å². The number of hydrogen-bond acceptors (Lipinski definition) is 3. The summed E-state index contributed by atoms with van der Waals surface area (Å²) in [7, 11) is 1.76. The van der Waals surface area contributed by atoms with Gasteiger partial charge in [-0.2, -0.15) is 0 Å². The minimum absolute atomic E-state index is 0.123. The lowest BCUT2D eigenvalue weighted by molar-refractivity contribution is -0.134. The number of rotatable bonds is 7. The van der Waals surface area contributed by atoms with Gasteiger partial charge in [-0.3, -0.25) is 9.59 Å². The molecule has 2 atom stereocenters. The van der Waals surface area contributed by atoms with Crippen molar-refractivity contribution >= 4 is 17.5 Å². The van der Waals surface area contributed by atoms with Crippen LogP contribution < -0.4 is 9.64 Å². The summed E-state index contributed by atoms with van der Waals surface area (Å²) in [6.45, 7) is 6.61. The third-order valence-corrected chi connectivity index (χ3v) is 6.50. The van der Waals surface area contributed by atoms with Gasteiger partial charge in [-0.25, -0.2) is 0 Å². The van der Waals surface area contributed by atoms with Crippen LogP contribution in [0.1, 0.15) is 49.9 Å².